The summed E-state index contributed by atoms with van der Waals surface area (Å²) in [4.78, 5) is 14.0. The topological polar surface area (TPSA) is 32.3 Å². The molecule has 0 saturated heterocycles. The first kappa shape index (κ1) is 15.2. The molecule has 1 amide bonds. The summed E-state index contributed by atoms with van der Waals surface area (Å²) in [5.41, 5.74) is 3.15. The van der Waals surface area contributed by atoms with E-state index in [1.54, 1.807) is 11.3 Å². The van der Waals surface area contributed by atoms with Gasteiger partial charge in [0.05, 0.1) is 6.54 Å². The van der Waals surface area contributed by atoms with Crippen LogP contribution in [0.25, 0.3) is 0 Å². The van der Waals surface area contributed by atoms with Crippen LogP contribution in [0.15, 0.2) is 39.5 Å². The Balaban J connectivity index is 1.88. The molecule has 1 heterocycles. The van der Waals surface area contributed by atoms with E-state index < -0.39 is 0 Å². The molecule has 0 aliphatic carbocycles. The van der Waals surface area contributed by atoms with Crippen molar-refractivity contribution in [3.05, 3.63) is 50.6 Å². The van der Waals surface area contributed by atoms with Crippen LogP contribution in [0.5, 0.6) is 0 Å². The molecule has 2 rings (SSSR count). The van der Waals surface area contributed by atoms with E-state index in [0.29, 0.717) is 6.54 Å². The number of aryl methyl sites for hydroxylation is 1. The number of benzene rings is 1. The van der Waals surface area contributed by atoms with Crippen LogP contribution in [0.1, 0.15) is 11.1 Å². The number of anilines is 1. The van der Waals surface area contributed by atoms with E-state index in [0.717, 1.165) is 22.3 Å². The third kappa shape index (κ3) is 4.44. The third-order valence-corrected chi connectivity index (χ3v) is 4.13. The predicted octanol–water partition coefficient (Wildman–Crippen LogP) is 3.89. The molecular weight excluding hydrogens is 336 g/mol. The molecule has 1 N–H and O–H groups in total. The number of nitrogens with zero attached hydrogens (tertiary/aromatic N) is 1. The van der Waals surface area contributed by atoms with Crippen LogP contribution in [0.3, 0.4) is 0 Å². The van der Waals surface area contributed by atoms with Gasteiger partial charge in [0.15, 0.2) is 0 Å². The lowest BCUT2D eigenvalue weighted by Crippen LogP contribution is -2.29. The second kappa shape index (κ2) is 7.02. The van der Waals surface area contributed by atoms with Gasteiger partial charge in [-0.2, -0.15) is 11.3 Å². The minimum atomic E-state index is 0.00755. The summed E-state index contributed by atoms with van der Waals surface area (Å²) in [7, 11) is 1.95. The molecule has 0 unspecified atom stereocenters. The van der Waals surface area contributed by atoms with Gasteiger partial charge < -0.3 is 5.32 Å². The van der Waals surface area contributed by atoms with Crippen molar-refractivity contribution in [3.8, 4) is 0 Å². The molecular formula is C15H17BrN2OS. The second-order valence-electron chi connectivity index (χ2n) is 4.81. The summed E-state index contributed by atoms with van der Waals surface area (Å²) >= 11 is 5.09. The number of rotatable bonds is 5. The molecule has 0 spiro atoms. The van der Waals surface area contributed by atoms with E-state index in [1.807, 2.05) is 37.1 Å². The fourth-order valence-electron chi connectivity index (χ4n) is 1.95. The van der Waals surface area contributed by atoms with Crippen LogP contribution in [0.4, 0.5) is 5.69 Å². The lowest BCUT2D eigenvalue weighted by atomic mass is 10.2. The summed E-state index contributed by atoms with van der Waals surface area (Å²) < 4.78 is 1.02. The molecule has 1 aromatic heterocycles. The molecule has 0 atom stereocenters. The van der Waals surface area contributed by atoms with Crippen molar-refractivity contribution < 1.29 is 4.79 Å². The third-order valence-electron chi connectivity index (χ3n) is 2.91. The van der Waals surface area contributed by atoms with Gasteiger partial charge >= 0.3 is 0 Å². The summed E-state index contributed by atoms with van der Waals surface area (Å²) in [6.07, 6.45) is 0. The van der Waals surface area contributed by atoms with Crippen LogP contribution in [0.2, 0.25) is 0 Å². The minimum Gasteiger partial charge on any atom is -0.325 e. The number of amides is 1. The Morgan fingerprint density at radius 2 is 2.20 bits per heavy atom. The molecule has 0 saturated carbocycles. The van der Waals surface area contributed by atoms with Gasteiger partial charge in [-0.05, 0) is 60.1 Å². The van der Waals surface area contributed by atoms with Gasteiger partial charge in [0.1, 0.15) is 0 Å². The monoisotopic (exact) mass is 352 g/mol. The zero-order chi connectivity index (χ0) is 14.5. The Morgan fingerprint density at radius 3 is 2.85 bits per heavy atom. The molecule has 106 valence electrons. The first-order valence-corrected chi connectivity index (χ1v) is 8.04. The first-order valence-electron chi connectivity index (χ1n) is 6.30. The van der Waals surface area contributed by atoms with Crippen molar-refractivity contribution in [2.24, 2.45) is 0 Å². The molecule has 3 nitrogen and oxygen atoms in total. The number of hydrogen-bond donors (Lipinski definition) is 1. The highest BCUT2D eigenvalue weighted by Crippen LogP contribution is 2.20. The highest BCUT2D eigenvalue weighted by molar-refractivity contribution is 9.10. The van der Waals surface area contributed by atoms with Gasteiger partial charge in [-0.3, -0.25) is 9.69 Å². The fraction of sp³-hybridized carbons (Fsp3) is 0.267. The van der Waals surface area contributed by atoms with Crippen molar-refractivity contribution in [1.29, 1.82) is 0 Å². The van der Waals surface area contributed by atoms with Gasteiger partial charge in [0.2, 0.25) is 5.91 Å². The fourth-order valence-corrected chi connectivity index (χ4v) is 3.09. The van der Waals surface area contributed by atoms with Crippen molar-refractivity contribution >= 4 is 38.9 Å². The zero-order valence-corrected chi connectivity index (χ0v) is 13.9. The number of likely N-dealkylation sites (N-methyl/N-ethyl adjacent to an activating group) is 1. The lowest BCUT2D eigenvalue weighted by Gasteiger charge is -2.16. The zero-order valence-electron chi connectivity index (χ0n) is 11.5. The molecule has 1 aromatic carbocycles. The lowest BCUT2D eigenvalue weighted by molar-refractivity contribution is -0.117. The van der Waals surface area contributed by atoms with Gasteiger partial charge in [-0.25, -0.2) is 0 Å². The van der Waals surface area contributed by atoms with Crippen LogP contribution in [-0.2, 0) is 11.3 Å². The van der Waals surface area contributed by atoms with Crippen molar-refractivity contribution in [2.75, 3.05) is 18.9 Å². The summed E-state index contributed by atoms with van der Waals surface area (Å²) in [5.74, 6) is 0.00755. The summed E-state index contributed by atoms with van der Waals surface area (Å²) in [6.45, 7) is 3.15. The maximum absolute atomic E-state index is 12.0. The van der Waals surface area contributed by atoms with Gasteiger partial charge in [0.25, 0.3) is 0 Å². The summed E-state index contributed by atoms with van der Waals surface area (Å²) in [5, 5.41) is 7.10. The van der Waals surface area contributed by atoms with Crippen LogP contribution in [-0.4, -0.2) is 24.4 Å². The Morgan fingerprint density at radius 1 is 1.40 bits per heavy atom. The van der Waals surface area contributed by atoms with E-state index in [9.17, 15) is 4.79 Å². The minimum absolute atomic E-state index is 0.00755. The Kier molecular flexibility index (Phi) is 5.34. The number of nitrogens with one attached hydrogen (secondary N) is 1. The molecule has 0 fully saturated rings. The van der Waals surface area contributed by atoms with Gasteiger partial charge in [-0.1, -0.05) is 15.9 Å². The maximum Gasteiger partial charge on any atom is 0.238 e. The van der Waals surface area contributed by atoms with Crippen LogP contribution in [0, 0.1) is 6.92 Å². The molecule has 2 aromatic rings. The highest BCUT2D eigenvalue weighted by Gasteiger charge is 2.09. The molecule has 0 bridgehead atoms. The quantitative estimate of drug-likeness (QED) is 0.885. The largest absolute Gasteiger partial charge is 0.325 e. The van der Waals surface area contributed by atoms with E-state index in [1.165, 1.54) is 5.56 Å². The Labute approximate surface area is 131 Å². The van der Waals surface area contributed by atoms with E-state index in [4.69, 9.17) is 0 Å². The van der Waals surface area contributed by atoms with Gasteiger partial charge in [-0.15, -0.1) is 0 Å². The van der Waals surface area contributed by atoms with Crippen molar-refractivity contribution in [3.63, 3.8) is 0 Å². The SMILES string of the molecule is Cc1cc(Br)ccc1NC(=O)CN(C)Cc1ccsc1. The molecule has 20 heavy (non-hydrogen) atoms. The first-order chi connectivity index (χ1) is 9.54. The normalized spacial score (nSPS) is 10.8. The van der Waals surface area contributed by atoms with Crippen LogP contribution >= 0.6 is 27.3 Å². The Bertz CT molecular complexity index is 584. The molecule has 5 heteroatoms. The molecule has 0 aliphatic heterocycles. The Hall–Kier alpha value is -1.17. The number of halogens is 1. The van der Waals surface area contributed by atoms with E-state index in [2.05, 4.69) is 38.1 Å². The average molecular weight is 353 g/mol. The molecule has 0 radical (unpaired) electrons. The van der Waals surface area contributed by atoms with E-state index >= 15 is 0 Å². The standard InChI is InChI=1S/C15H17BrN2OS/c1-11-7-13(16)3-4-14(11)17-15(19)9-18(2)8-12-5-6-20-10-12/h3-7,10H,8-9H2,1-2H3,(H,17,19). The number of carbonyl (C=O) groups excluding carboxylic acids is 1. The van der Waals surface area contributed by atoms with Crippen molar-refractivity contribution in [2.45, 2.75) is 13.5 Å². The second-order valence-corrected chi connectivity index (χ2v) is 6.51. The van der Waals surface area contributed by atoms with Crippen LogP contribution < -0.4 is 5.32 Å². The number of thiophene rings is 1. The predicted molar refractivity (Wildman–Crippen MR) is 88.2 cm³/mol. The summed E-state index contributed by atoms with van der Waals surface area (Å²) in [6, 6.07) is 7.91. The molecule has 0 aliphatic rings. The maximum atomic E-state index is 12.0. The van der Waals surface area contributed by atoms with E-state index in [-0.39, 0.29) is 5.91 Å². The smallest absolute Gasteiger partial charge is 0.238 e. The van der Waals surface area contributed by atoms with Gasteiger partial charge in [0, 0.05) is 16.7 Å². The number of carbonyl (C=O) groups is 1. The van der Waals surface area contributed by atoms with Crippen molar-refractivity contribution in [1.82, 2.24) is 4.90 Å². The number of hydrogen-bond acceptors (Lipinski definition) is 3. The average Bonchev–Trinajstić information content (AvgIpc) is 2.85. The highest BCUT2D eigenvalue weighted by atomic mass is 79.9.